The van der Waals surface area contributed by atoms with Crippen molar-refractivity contribution < 1.29 is 4.79 Å². The first-order valence-corrected chi connectivity index (χ1v) is 8.97. The maximum Gasteiger partial charge on any atom is 0.322 e. The maximum absolute atomic E-state index is 12.3. The highest BCUT2D eigenvalue weighted by Crippen LogP contribution is 2.19. The Kier molecular flexibility index (Phi) is 5.14. The summed E-state index contributed by atoms with van der Waals surface area (Å²) in [6.07, 6.45) is 0. The van der Waals surface area contributed by atoms with Gasteiger partial charge < -0.3 is 15.1 Å². The Morgan fingerprint density at radius 1 is 1.29 bits per heavy atom. The number of aryl methyl sites for hydroxylation is 1. The van der Waals surface area contributed by atoms with E-state index < -0.39 is 0 Å². The highest BCUT2D eigenvalue weighted by Gasteiger charge is 2.22. The van der Waals surface area contributed by atoms with E-state index in [1.54, 1.807) is 0 Å². The van der Waals surface area contributed by atoms with E-state index >= 15 is 0 Å². The van der Waals surface area contributed by atoms with Gasteiger partial charge in [0.15, 0.2) is 0 Å². The number of anilines is 3. The van der Waals surface area contributed by atoms with Crippen LogP contribution in [-0.2, 0) is 0 Å². The summed E-state index contributed by atoms with van der Waals surface area (Å²) in [7, 11) is 0. The summed E-state index contributed by atoms with van der Waals surface area (Å²) in [5.74, 6) is 2.51. The third-order valence-electron chi connectivity index (χ3n) is 3.82. The normalized spacial score (nSPS) is 14.6. The molecule has 0 radical (unpaired) electrons. The molecule has 2 aromatic rings. The molecular formula is C16H22N6OS. The van der Waals surface area contributed by atoms with Gasteiger partial charge in [0.1, 0.15) is 17.5 Å². The van der Waals surface area contributed by atoms with E-state index in [2.05, 4.69) is 25.5 Å². The van der Waals surface area contributed by atoms with Gasteiger partial charge in [-0.3, -0.25) is 5.32 Å². The standard InChI is InChI=1S/C16H22N6OS/c1-3-17-13-11-14(19-12(2)18-13)21-6-8-22(9-7-21)16(23)20-15-5-4-10-24-15/h4-5,10-11H,3,6-9H2,1-2H3,(H,20,23)(H,17,18,19). The van der Waals surface area contributed by atoms with Gasteiger partial charge >= 0.3 is 6.03 Å². The Bertz CT molecular complexity index is 682. The van der Waals surface area contributed by atoms with Crippen molar-refractivity contribution >= 4 is 34.0 Å². The van der Waals surface area contributed by atoms with Crippen LogP contribution < -0.4 is 15.5 Å². The molecule has 128 valence electrons. The predicted octanol–water partition coefficient (Wildman–Crippen LogP) is 2.63. The highest BCUT2D eigenvalue weighted by molar-refractivity contribution is 7.14. The van der Waals surface area contributed by atoms with Crippen LogP contribution in [0.1, 0.15) is 12.7 Å². The molecule has 1 saturated heterocycles. The molecule has 0 saturated carbocycles. The van der Waals surface area contributed by atoms with E-state index in [0.717, 1.165) is 42.1 Å². The fraction of sp³-hybridized carbons (Fsp3) is 0.438. The average Bonchev–Trinajstić information content (AvgIpc) is 3.08. The van der Waals surface area contributed by atoms with Crippen LogP contribution in [0.2, 0.25) is 0 Å². The van der Waals surface area contributed by atoms with Crippen LogP contribution in [0.15, 0.2) is 23.6 Å². The van der Waals surface area contributed by atoms with Crippen LogP contribution in [0, 0.1) is 6.92 Å². The molecule has 2 amide bonds. The Balaban J connectivity index is 1.59. The van der Waals surface area contributed by atoms with Crippen molar-refractivity contribution in [3.05, 3.63) is 29.4 Å². The number of nitrogens with one attached hydrogen (secondary N) is 2. The second-order valence-corrected chi connectivity index (χ2v) is 6.52. The molecule has 0 aliphatic carbocycles. The molecule has 2 N–H and O–H groups in total. The highest BCUT2D eigenvalue weighted by atomic mass is 32.1. The predicted molar refractivity (Wildman–Crippen MR) is 98.1 cm³/mol. The van der Waals surface area contributed by atoms with Crippen LogP contribution in [0.5, 0.6) is 0 Å². The van der Waals surface area contributed by atoms with Crippen molar-refractivity contribution in [3.8, 4) is 0 Å². The van der Waals surface area contributed by atoms with Gasteiger partial charge in [0.25, 0.3) is 0 Å². The number of carbonyl (C=O) groups excluding carboxylic acids is 1. The van der Waals surface area contributed by atoms with Crippen molar-refractivity contribution in [3.63, 3.8) is 0 Å². The first-order chi connectivity index (χ1) is 11.7. The minimum atomic E-state index is -0.0377. The van der Waals surface area contributed by atoms with Gasteiger partial charge in [0, 0.05) is 38.8 Å². The first-order valence-electron chi connectivity index (χ1n) is 8.09. The van der Waals surface area contributed by atoms with Crippen molar-refractivity contribution in [2.75, 3.05) is 48.3 Å². The minimum absolute atomic E-state index is 0.0377. The Morgan fingerprint density at radius 2 is 2.08 bits per heavy atom. The van der Waals surface area contributed by atoms with Gasteiger partial charge in [0.05, 0.1) is 5.00 Å². The lowest BCUT2D eigenvalue weighted by atomic mass is 10.3. The van der Waals surface area contributed by atoms with Crippen molar-refractivity contribution in [1.29, 1.82) is 0 Å². The Labute approximate surface area is 145 Å². The number of hydrogen-bond donors (Lipinski definition) is 2. The number of amides is 2. The number of hydrogen-bond acceptors (Lipinski definition) is 6. The lowest BCUT2D eigenvalue weighted by Crippen LogP contribution is -2.50. The van der Waals surface area contributed by atoms with Crippen LogP contribution in [-0.4, -0.2) is 53.6 Å². The summed E-state index contributed by atoms with van der Waals surface area (Å²) in [6, 6.07) is 5.77. The smallest absolute Gasteiger partial charge is 0.322 e. The van der Waals surface area contributed by atoms with E-state index in [0.29, 0.717) is 13.1 Å². The summed E-state index contributed by atoms with van der Waals surface area (Å²) in [5.41, 5.74) is 0. The summed E-state index contributed by atoms with van der Waals surface area (Å²) in [6.45, 7) is 7.65. The maximum atomic E-state index is 12.3. The number of thiophene rings is 1. The van der Waals surface area contributed by atoms with Gasteiger partial charge in [-0.25, -0.2) is 14.8 Å². The molecule has 3 heterocycles. The summed E-state index contributed by atoms with van der Waals surface area (Å²) in [4.78, 5) is 25.2. The molecule has 0 bridgehead atoms. The molecule has 3 rings (SSSR count). The molecule has 0 unspecified atom stereocenters. The van der Waals surface area contributed by atoms with E-state index in [1.165, 1.54) is 11.3 Å². The van der Waals surface area contributed by atoms with Gasteiger partial charge in [0.2, 0.25) is 0 Å². The Morgan fingerprint density at radius 3 is 2.75 bits per heavy atom. The molecule has 2 aromatic heterocycles. The number of rotatable bonds is 4. The van der Waals surface area contributed by atoms with E-state index in [1.807, 2.05) is 42.3 Å². The third-order valence-corrected chi connectivity index (χ3v) is 4.61. The van der Waals surface area contributed by atoms with E-state index in [-0.39, 0.29) is 6.03 Å². The molecule has 0 aromatic carbocycles. The number of aromatic nitrogens is 2. The second-order valence-electron chi connectivity index (χ2n) is 5.57. The molecule has 24 heavy (non-hydrogen) atoms. The van der Waals surface area contributed by atoms with Gasteiger partial charge in [-0.1, -0.05) is 0 Å². The second kappa shape index (κ2) is 7.48. The molecule has 1 aliphatic heterocycles. The zero-order valence-corrected chi connectivity index (χ0v) is 14.8. The molecule has 0 spiro atoms. The lowest BCUT2D eigenvalue weighted by molar-refractivity contribution is 0.208. The summed E-state index contributed by atoms with van der Waals surface area (Å²) < 4.78 is 0. The van der Waals surface area contributed by atoms with Gasteiger partial charge in [-0.05, 0) is 31.4 Å². The molecule has 0 atom stereocenters. The summed E-state index contributed by atoms with van der Waals surface area (Å²) in [5, 5.41) is 8.99. The van der Waals surface area contributed by atoms with Crippen LogP contribution in [0.25, 0.3) is 0 Å². The van der Waals surface area contributed by atoms with Crippen LogP contribution >= 0.6 is 11.3 Å². The zero-order chi connectivity index (χ0) is 16.9. The average molecular weight is 346 g/mol. The molecule has 8 heteroatoms. The number of carbonyl (C=O) groups is 1. The molecule has 7 nitrogen and oxygen atoms in total. The van der Waals surface area contributed by atoms with Gasteiger partial charge in [-0.15, -0.1) is 11.3 Å². The zero-order valence-electron chi connectivity index (χ0n) is 14.0. The minimum Gasteiger partial charge on any atom is -0.370 e. The molecule has 1 fully saturated rings. The number of nitrogens with zero attached hydrogens (tertiary/aromatic N) is 4. The van der Waals surface area contributed by atoms with Crippen molar-refractivity contribution in [2.24, 2.45) is 0 Å². The SMILES string of the molecule is CCNc1cc(N2CCN(C(=O)Nc3cccs3)CC2)nc(C)n1. The number of piperazine rings is 1. The van der Waals surface area contributed by atoms with Crippen LogP contribution in [0.3, 0.4) is 0 Å². The van der Waals surface area contributed by atoms with Crippen molar-refractivity contribution in [1.82, 2.24) is 14.9 Å². The topological polar surface area (TPSA) is 73.4 Å². The largest absolute Gasteiger partial charge is 0.370 e. The third kappa shape index (κ3) is 3.94. The monoisotopic (exact) mass is 346 g/mol. The van der Waals surface area contributed by atoms with Crippen LogP contribution in [0.4, 0.5) is 21.4 Å². The van der Waals surface area contributed by atoms with Crippen molar-refractivity contribution in [2.45, 2.75) is 13.8 Å². The van der Waals surface area contributed by atoms with E-state index in [9.17, 15) is 4.79 Å². The Hall–Kier alpha value is -2.35. The van der Waals surface area contributed by atoms with E-state index in [4.69, 9.17) is 0 Å². The fourth-order valence-corrected chi connectivity index (χ4v) is 3.27. The van der Waals surface area contributed by atoms with Gasteiger partial charge in [-0.2, -0.15) is 0 Å². The number of urea groups is 1. The molecule has 1 aliphatic rings. The molecular weight excluding hydrogens is 324 g/mol. The lowest BCUT2D eigenvalue weighted by Gasteiger charge is -2.35. The summed E-state index contributed by atoms with van der Waals surface area (Å²) >= 11 is 1.53. The quantitative estimate of drug-likeness (QED) is 0.890. The fourth-order valence-electron chi connectivity index (χ4n) is 2.66. The first kappa shape index (κ1) is 16.5.